The van der Waals surface area contributed by atoms with Gasteiger partial charge in [-0.25, -0.2) is 14.6 Å². The lowest BCUT2D eigenvalue weighted by Crippen LogP contribution is -2.38. The maximum atomic E-state index is 13.8. The first kappa shape index (κ1) is 20.4. The minimum absolute atomic E-state index is 0.0791. The van der Waals surface area contributed by atoms with Crippen LogP contribution in [0.2, 0.25) is 0 Å². The van der Waals surface area contributed by atoms with Crippen molar-refractivity contribution in [1.82, 2.24) is 39.7 Å². The fourth-order valence-corrected chi connectivity index (χ4v) is 3.14. The fourth-order valence-electron chi connectivity index (χ4n) is 3.14. The van der Waals surface area contributed by atoms with Crippen molar-refractivity contribution < 1.29 is 17.6 Å². The zero-order valence-electron chi connectivity index (χ0n) is 17.2. The van der Waals surface area contributed by atoms with E-state index < -0.39 is 30.3 Å². The SMILES string of the molecule is Cc1nnc(Cn2nnc3c(N4CC(F)(F)C(F)(F)C4)nc(C(C)(C)C)nc32)n1C. The Kier molecular flexibility index (Phi) is 4.30. The predicted molar refractivity (Wildman–Crippen MR) is 98.8 cm³/mol. The van der Waals surface area contributed by atoms with Gasteiger partial charge in [-0.2, -0.15) is 17.6 Å². The standard InChI is InChI=1S/C17H21F4N9/c1-9-24-25-10(28(9)5)6-30-13-11(26-27-30)12(22-14(23-13)15(2,3)4)29-7-16(18,19)17(20,21)8-29/h6-8H2,1-5H3. The van der Waals surface area contributed by atoms with Crippen LogP contribution in [0.3, 0.4) is 0 Å². The molecule has 1 aliphatic rings. The summed E-state index contributed by atoms with van der Waals surface area (Å²) in [5.74, 6) is -6.84. The van der Waals surface area contributed by atoms with Crippen molar-refractivity contribution in [1.29, 1.82) is 0 Å². The van der Waals surface area contributed by atoms with Gasteiger partial charge in [-0.05, 0) is 6.92 Å². The van der Waals surface area contributed by atoms with Crippen LogP contribution in [-0.4, -0.2) is 64.7 Å². The Hall–Kier alpha value is -2.86. The van der Waals surface area contributed by atoms with E-state index in [-0.39, 0.29) is 23.5 Å². The van der Waals surface area contributed by atoms with Crippen molar-refractivity contribution in [3.63, 3.8) is 0 Å². The van der Waals surface area contributed by atoms with Gasteiger partial charge in [0.2, 0.25) is 0 Å². The van der Waals surface area contributed by atoms with Crippen molar-refractivity contribution in [3.8, 4) is 0 Å². The highest BCUT2D eigenvalue weighted by molar-refractivity contribution is 5.83. The van der Waals surface area contributed by atoms with Gasteiger partial charge in [0.05, 0.1) is 13.1 Å². The van der Waals surface area contributed by atoms with Crippen molar-refractivity contribution >= 4 is 17.0 Å². The van der Waals surface area contributed by atoms with Crippen molar-refractivity contribution in [3.05, 3.63) is 17.5 Å². The van der Waals surface area contributed by atoms with E-state index in [9.17, 15) is 17.6 Å². The summed E-state index contributed by atoms with van der Waals surface area (Å²) in [6.45, 7) is 5.15. The van der Waals surface area contributed by atoms with Gasteiger partial charge in [-0.3, -0.25) is 0 Å². The molecular formula is C17H21F4N9. The number of nitrogens with zero attached hydrogens (tertiary/aromatic N) is 9. The third-order valence-electron chi connectivity index (χ3n) is 5.10. The van der Waals surface area contributed by atoms with Crippen LogP contribution in [0.25, 0.3) is 11.2 Å². The van der Waals surface area contributed by atoms with E-state index in [2.05, 4.69) is 30.5 Å². The molecule has 0 atom stereocenters. The van der Waals surface area contributed by atoms with Crippen LogP contribution >= 0.6 is 0 Å². The summed E-state index contributed by atoms with van der Waals surface area (Å²) >= 11 is 0. The number of fused-ring (bicyclic) bond motifs is 1. The second kappa shape index (κ2) is 6.32. The molecule has 30 heavy (non-hydrogen) atoms. The minimum Gasteiger partial charge on any atom is -0.342 e. The molecule has 0 aromatic carbocycles. The third-order valence-corrected chi connectivity index (χ3v) is 5.10. The average Bonchev–Trinajstić information content (AvgIpc) is 3.24. The molecule has 9 nitrogen and oxygen atoms in total. The molecule has 0 spiro atoms. The predicted octanol–water partition coefficient (Wildman–Crippen LogP) is 2.09. The molecule has 3 aromatic heterocycles. The van der Waals surface area contributed by atoms with Gasteiger partial charge in [0.1, 0.15) is 18.2 Å². The molecule has 0 aliphatic carbocycles. The topological polar surface area (TPSA) is 90.4 Å². The highest BCUT2D eigenvalue weighted by Crippen LogP contribution is 2.43. The van der Waals surface area contributed by atoms with Crippen LogP contribution in [0.5, 0.6) is 0 Å². The Labute approximate surface area is 169 Å². The van der Waals surface area contributed by atoms with Gasteiger partial charge in [-0.15, -0.1) is 15.3 Å². The van der Waals surface area contributed by atoms with Gasteiger partial charge >= 0.3 is 11.8 Å². The summed E-state index contributed by atoms with van der Waals surface area (Å²) < 4.78 is 58.6. The van der Waals surface area contributed by atoms with Crippen LogP contribution in [0, 0.1) is 6.92 Å². The number of halogens is 4. The average molecular weight is 427 g/mol. The maximum absolute atomic E-state index is 13.8. The summed E-state index contributed by atoms with van der Waals surface area (Å²) in [7, 11) is 1.79. The molecule has 0 amide bonds. The normalized spacial score (nSPS) is 18.5. The lowest BCUT2D eigenvalue weighted by atomic mass is 9.96. The van der Waals surface area contributed by atoms with Crippen molar-refractivity contribution in [2.24, 2.45) is 7.05 Å². The molecule has 1 aliphatic heterocycles. The molecule has 0 unspecified atom stereocenters. The van der Waals surface area contributed by atoms with Gasteiger partial charge in [0.25, 0.3) is 0 Å². The van der Waals surface area contributed by atoms with E-state index in [1.807, 2.05) is 20.8 Å². The molecule has 0 radical (unpaired) electrons. The van der Waals surface area contributed by atoms with Gasteiger partial charge in [0.15, 0.2) is 22.8 Å². The number of hydrogen-bond acceptors (Lipinski definition) is 7. The van der Waals surface area contributed by atoms with E-state index >= 15 is 0 Å². The molecule has 0 N–H and O–H groups in total. The quantitative estimate of drug-likeness (QED) is 0.591. The molecule has 1 saturated heterocycles. The molecule has 0 saturated carbocycles. The molecule has 162 valence electrons. The number of hydrogen-bond donors (Lipinski definition) is 0. The monoisotopic (exact) mass is 427 g/mol. The fraction of sp³-hybridized carbons (Fsp3) is 0.647. The van der Waals surface area contributed by atoms with Crippen LogP contribution in [-0.2, 0) is 19.0 Å². The zero-order valence-corrected chi connectivity index (χ0v) is 17.2. The first-order valence-corrected chi connectivity index (χ1v) is 9.27. The highest BCUT2D eigenvalue weighted by atomic mass is 19.3. The highest BCUT2D eigenvalue weighted by Gasteiger charge is 2.63. The van der Waals surface area contributed by atoms with Crippen LogP contribution in [0.4, 0.5) is 23.4 Å². The van der Waals surface area contributed by atoms with Crippen LogP contribution in [0.1, 0.15) is 38.2 Å². The summed E-state index contributed by atoms with van der Waals surface area (Å²) in [6, 6.07) is 0. The lowest BCUT2D eigenvalue weighted by molar-refractivity contribution is -0.172. The van der Waals surface area contributed by atoms with E-state index in [1.165, 1.54) is 4.68 Å². The molecule has 0 bridgehead atoms. The summed E-state index contributed by atoms with van der Waals surface area (Å²) in [5.41, 5.74) is -0.232. The van der Waals surface area contributed by atoms with E-state index in [4.69, 9.17) is 0 Å². The van der Waals surface area contributed by atoms with Crippen molar-refractivity contribution in [2.75, 3.05) is 18.0 Å². The molecule has 4 rings (SSSR count). The summed E-state index contributed by atoms with van der Waals surface area (Å²) in [5, 5.41) is 16.1. The molecular weight excluding hydrogens is 406 g/mol. The molecule has 4 heterocycles. The van der Waals surface area contributed by atoms with E-state index in [1.54, 1.807) is 18.5 Å². The smallest absolute Gasteiger partial charge is 0.329 e. The van der Waals surface area contributed by atoms with Gasteiger partial charge in [0, 0.05) is 12.5 Å². The summed E-state index contributed by atoms with van der Waals surface area (Å²) in [4.78, 5) is 9.69. The van der Waals surface area contributed by atoms with Crippen LogP contribution in [0.15, 0.2) is 0 Å². The Balaban J connectivity index is 1.85. The van der Waals surface area contributed by atoms with Gasteiger partial charge < -0.3 is 9.47 Å². The Morgan fingerprint density at radius 1 is 0.967 bits per heavy atom. The Morgan fingerprint density at radius 2 is 1.60 bits per heavy atom. The lowest BCUT2D eigenvalue weighted by Gasteiger charge is -2.21. The number of alkyl halides is 4. The molecule has 13 heteroatoms. The maximum Gasteiger partial charge on any atom is 0.329 e. The second-order valence-corrected chi connectivity index (χ2v) is 8.53. The second-order valence-electron chi connectivity index (χ2n) is 8.53. The van der Waals surface area contributed by atoms with Crippen LogP contribution < -0.4 is 4.90 Å². The zero-order chi connectivity index (χ0) is 22.1. The third kappa shape index (κ3) is 3.16. The Bertz CT molecular complexity index is 1100. The van der Waals surface area contributed by atoms with Crippen molar-refractivity contribution in [2.45, 2.75) is 51.5 Å². The summed E-state index contributed by atoms with van der Waals surface area (Å²) in [6.07, 6.45) is 0. The first-order valence-electron chi connectivity index (χ1n) is 9.27. The minimum atomic E-state index is -4.17. The first-order chi connectivity index (χ1) is 13.8. The number of aromatic nitrogens is 8. The van der Waals surface area contributed by atoms with E-state index in [0.717, 1.165) is 4.90 Å². The molecule has 3 aromatic rings. The number of rotatable bonds is 3. The van der Waals surface area contributed by atoms with E-state index in [0.29, 0.717) is 17.5 Å². The number of aryl methyl sites for hydroxylation is 1. The Morgan fingerprint density at radius 3 is 2.13 bits per heavy atom. The largest absolute Gasteiger partial charge is 0.342 e. The number of anilines is 1. The van der Waals surface area contributed by atoms with Gasteiger partial charge in [-0.1, -0.05) is 26.0 Å². The molecule has 1 fully saturated rings.